The summed E-state index contributed by atoms with van der Waals surface area (Å²) in [6, 6.07) is 10.2. The van der Waals surface area contributed by atoms with Crippen molar-refractivity contribution in [3.8, 4) is 11.5 Å². The van der Waals surface area contributed by atoms with Crippen LogP contribution in [0.25, 0.3) is 10.8 Å². The number of hydrogen-bond donors (Lipinski definition) is 0. The molecule has 2 aromatic carbocycles. The van der Waals surface area contributed by atoms with Crippen LogP contribution in [0.3, 0.4) is 0 Å². The molecule has 1 heterocycles. The number of rotatable bonds is 2. The highest BCUT2D eigenvalue weighted by Crippen LogP contribution is 2.38. The number of hydrogen-bond acceptors (Lipinski definition) is 3. The number of methoxy groups -OCH3 is 2. The molecule has 19 heavy (non-hydrogen) atoms. The summed E-state index contributed by atoms with van der Waals surface area (Å²) in [6.07, 6.45) is 1.82. The van der Waals surface area contributed by atoms with E-state index in [1.165, 1.54) is 16.3 Å². The quantitative estimate of drug-likeness (QED) is 0.824. The van der Waals surface area contributed by atoms with Crippen molar-refractivity contribution in [3.05, 3.63) is 35.9 Å². The molecule has 3 rings (SSSR count). The summed E-state index contributed by atoms with van der Waals surface area (Å²) in [6.45, 7) is 1.98. The van der Waals surface area contributed by atoms with Crippen molar-refractivity contribution in [2.75, 3.05) is 14.2 Å². The molecule has 0 N–H and O–H groups in total. The molecule has 0 radical (unpaired) electrons. The van der Waals surface area contributed by atoms with E-state index in [4.69, 9.17) is 14.2 Å². The lowest BCUT2D eigenvalue weighted by molar-refractivity contribution is -0.160. The van der Waals surface area contributed by atoms with Gasteiger partial charge in [0.25, 0.3) is 0 Å². The molecule has 0 aromatic heterocycles. The first-order chi connectivity index (χ1) is 9.15. The van der Waals surface area contributed by atoms with Gasteiger partial charge in [-0.05, 0) is 35.4 Å². The van der Waals surface area contributed by atoms with E-state index >= 15 is 0 Å². The molecule has 1 atom stereocenters. The fourth-order valence-electron chi connectivity index (χ4n) is 2.61. The second kappa shape index (κ2) is 4.42. The molecule has 0 unspecified atom stereocenters. The summed E-state index contributed by atoms with van der Waals surface area (Å²) in [5.74, 6) is 1.30. The summed E-state index contributed by atoms with van der Waals surface area (Å²) < 4.78 is 16.7. The normalized spacial score (nSPS) is 21.8. The lowest BCUT2D eigenvalue weighted by atomic mass is 9.95. The first kappa shape index (κ1) is 12.3. The molecule has 100 valence electrons. The Balaban J connectivity index is 2.10. The highest BCUT2D eigenvalue weighted by Gasteiger charge is 2.31. The van der Waals surface area contributed by atoms with Gasteiger partial charge in [-0.3, -0.25) is 0 Å². The molecule has 0 fully saturated rings. The first-order valence-corrected chi connectivity index (χ1v) is 6.49. The van der Waals surface area contributed by atoms with Gasteiger partial charge in [0.15, 0.2) is 0 Å². The van der Waals surface area contributed by atoms with Gasteiger partial charge in [-0.15, -0.1) is 0 Å². The van der Waals surface area contributed by atoms with Gasteiger partial charge in [0, 0.05) is 26.0 Å². The number of aryl methyl sites for hydroxylation is 1. The maximum absolute atomic E-state index is 5.98. The number of ether oxygens (including phenoxy) is 3. The van der Waals surface area contributed by atoms with Crippen LogP contribution in [0.5, 0.6) is 11.5 Å². The molecule has 3 nitrogen and oxygen atoms in total. The van der Waals surface area contributed by atoms with E-state index in [1.54, 1.807) is 14.2 Å². The van der Waals surface area contributed by atoms with Gasteiger partial charge in [-0.2, -0.15) is 0 Å². The zero-order valence-corrected chi connectivity index (χ0v) is 11.5. The van der Waals surface area contributed by atoms with Gasteiger partial charge in [0.05, 0.1) is 7.11 Å². The van der Waals surface area contributed by atoms with Gasteiger partial charge in [-0.25, -0.2) is 0 Å². The van der Waals surface area contributed by atoms with Crippen LogP contribution in [-0.2, 0) is 11.2 Å². The molecular weight excluding hydrogens is 240 g/mol. The van der Waals surface area contributed by atoms with Crippen LogP contribution >= 0.6 is 0 Å². The zero-order valence-electron chi connectivity index (χ0n) is 11.5. The number of benzene rings is 2. The van der Waals surface area contributed by atoms with Crippen molar-refractivity contribution >= 4 is 10.8 Å². The van der Waals surface area contributed by atoms with Crippen LogP contribution in [0.1, 0.15) is 18.9 Å². The third-order valence-electron chi connectivity index (χ3n) is 3.88. The molecular formula is C16H18O3. The van der Waals surface area contributed by atoms with Crippen LogP contribution < -0.4 is 9.47 Å². The molecule has 1 aliphatic heterocycles. The van der Waals surface area contributed by atoms with E-state index in [1.807, 2.05) is 19.1 Å². The Labute approximate surface area is 113 Å². The highest BCUT2D eigenvalue weighted by molar-refractivity contribution is 5.89. The van der Waals surface area contributed by atoms with E-state index in [-0.39, 0.29) is 0 Å². The van der Waals surface area contributed by atoms with E-state index in [0.717, 1.165) is 24.3 Å². The summed E-state index contributed by atoms with van der Waals surface area (Å²) in [4.78, 5) is 0. The lowest BCUT2D eigenvalue weighted by Gasteiger charge is -2.34. The van der Waals surface area contributed by atoms with Gasteiger partial charge in [0.1, 0.15) is 11.5 Å². The minimum atomic E-state index is -0.507. The van der Waals surface area contributed by atoms with Crippen LogP contribution in [0.15, 0.2) is 30.3 Å². The minimum Gasteiger partial charge on any atom is -0.497 e. The van der Waals surface area contributed by atoms with Crippen molar-refractivity contribution in [1.82, 2.24) is 0 Å². The topological polar surface area (TPSA) is 27.7 Å². The molecule has 2 aromatic rings. The Morgan fingerprint density at radius 1 is 1.16 bits per heavy atom. The second-order valence-electron chi connectivity index (χ2n) is 5.07. The summed E-state index contributed by atoms with van der Waals surface area (Å²) >= 11 is 0. The Hall–Kier alpha value is -1.74. The minimum absolute atomic E-state index is 0.507. The largest absolute Gasteiger partial charge is 0.497 e. The molecule has 0 amide bonds. The van der Waals surface area contributed by atoms with E-state index in [9.17, 15) is 0 Å². The molecule has 0 saturated heterocycles. The fraction of sp³-hybridized carbons (Fsp3) is 0.375. The smallest absolute Gasteiger partial charge is 0.207 e. The second-order valence-corrected chi connectivity index (χ2v) is 5.07. The molecule has 0 saturated carbocycles. The van der Waals surface area contributed by atoms with Gasteiger partial charge in [0.2, 0.25) is 5.79 Å². The predicted molar refractivity (Wildman–Crippen MR) is 74.9 cm³/mol. The van der Waals surface area contributed by atoms with Crippen molar-refractivity contribution in [2.45, 2.75) is 25.6 Å². The molecule has 3 heteroatoms. The molecule has 1 aliphatic rings. The monoisotopic (exact) mass is 258 g/mol. The Morgan fingerprint density at radius 3 is 2.74 bits per heavy atom. The summed E-state index contributed by atoms with van der Waals surface area (Å²) in [5.41, 5.74) is 1.26. The van der Waals surface area contributed by atoms with Gasteiger partial charge in [-0.1, -0.05) is 12.1 Å². The van der Waals surface area contributed by atoms with Crippen LogP contribution in [-0.4, -0.2) is 20.0 Å². The third kappa shape index (κ3) is 2.04. The molecule has 0 bridgehead atoms. The Morgan fingerprint density at radius 2 is 2.00 bits per heavy atom. The van der Waals surface area contributed by atoms with Crippen molar-refractivity contribution in [2.24, 2.45) is 0 Å². The van der Waals surface area contributed by atoms with E-state index in [2.05, 4.69) is 18.2 Å². The van der Waals surface area contributed by atoms with Crippen LogP contribution in [0.2, 0.25) is 0 Å². The van der Waals surface area contributed by atoms with Crippen molar-refractivity contribution in [1.29, 1.82) is 0 Å². The molecule has 0 aliphatic carbocycles. The molecule has 0 spiro atoms. The average molecular weight is 258 g/mol. The zero-order chi connectivity index (χ0) is 13.5. The average Bonchev–Trinajstić information content (AvgIpc) is 2.46. The SMILES string of the molecule is COc1ccc2c3c(ccc2c1)O[C@](C)(OC)CC3. The van der Waals surface area contributed by atoms with Crippen LogP contribution in [0.4, 0.5) is 0 Å². The van der Waals surface area contributed by atoms with Crippen molar-refractivity contribution < 1.29 is 14.2 Å². The van der Waals surface area contributed by atoms with Crippen LogP contribution in [0, 0.1) is 0 Å². The standard InChI is InChI=1S/C16H18O3/c1-16(18-3)9-8-14-13-6-5-12(17-2)10-11(13)4-7-15(14)19-16/h4-7,10H,8-9H2,1-3H3/t16-/m0/s1. The Kier molecular flexibility index (Phi) is 2.86. The van der Waals surface area contributed by atoms with Crippen molar-refractivity contribution in [3.63, 3.8) is 0 Å². The van der Waals surface area contributed by atoms with Gasteiger partial charge >= 0.3 is 0 Å². The predicted octanol–water partition coefficient (Wildman–Crippen LogP) is 3.54. The first-order valence-electron chi connectivity index (χ1n) is 6.49. The van der Waals surface area contributed by atoms with E-state index < -0.39 is 5.79 Å². The van der Waals surface area contributed by atoms with Gasteiger partial charge < -0.3 is 14.2 Å². The maximum atomic E-state index is 5.98. The Bertz CT molecular complexity index is 621. The van der Waals surface area contributed by atoms with E-state index in [0.29, 0.717) is 0 Å². The lowest BCUT2D eigenvalue weighted by Crippen LogP contribution is -2.38. The number of fused-ring (bicyclic) bond motifs is 3. The highest BCUT2D eigenvalue weighted by atomic mass is 16.7. The third-order valence-corrected chi connectivity index (χ3v) is 3.88. The maximum Gasteiger partial charge on any atom is 0.207 e. The summed E-state index contributed by atoms with van der Waals surface area (Å²) in [5, 5.41) is 2.42. The summed E-state index contributed by atoms with van der Waals surface area (Å²) in [7, 11) is 3.38. The fourth-order valence-corrected chi connectivity index (χ4v) is 2.61.